The summed E-state index contributed by atoms with van der Waals surface area (Å²) in [7, 11) is 1.40. The molecule has 6 nitrogen and oxygen atoms in total. The molecule has 2 aromatic rings. The zero-order chi connectivity index (χ0) is 13.3. The number of aromatic carboxylic acids is 1. The Kier molecular flexibility index (Phi) is 2.88. The number of halogens is 1. The largest absolute Gasteiger partial charge is 0.496 e. The summed E-state index contributed by atoms with van der Waals surface area (Å²) in [6.45, 7) is 0. The van der Waals surface area contributed by atoms with E-state index in [1.807, 2.05) is 0 Å². The van der Waals surface area contributed by atoms with Gasteiger partial charge in [-0.15, -0.1) is 0 Å². The minimum absolute atomic E-state index is 0.0383. The second kappa shape index (κ2) is 4.36. The third-order valence-electron chi connectivity index (χ3n) is 2.35. The third-order valence-corrected chi connectivity index (χ3v) is 2.35. The van der Waals surface area contributed by atoms with Gasteiger partial charge in [0.1, 0.15) is 17.3 Å². The van der Waals surface area contributed by atoms with Crippen LogP contribution in [0.15, 0.2) is 18.2 Å². The molecule has 0 saturated heterocycles. The number of aromatic amines is 1. The van der Waals surface area contributed by atoms with E-state index >= 15 is 0 Å². The molecule has 0 radical (unpaired) electrons. The summed E-state index contributed by atoms with van der Waals surface area (Å²) in [5.74, 6) is -1.51. The number of carboxylic acids is 1. The topological polar surface area (TPSA) is 101 Å². The fraction of sp³-hybridized carbons (Fsp3) is 0.0909. The summed E-state index contributed by atoms with van der Waals surface area (Å²) >= 11 is 0. The number of rotatable bonds is 3. The van der Waals surface area contributed by atoms with Crippen molar-refractivity contribution in [3.8, 4) is 17.0 Å². The number of H-pyrrole nitrogens is 1. The first-order valence-corrected chi connectivity index (χ1v) is 4.95. The van der Waals surface area contributed by atoms with Gasteiger partial charge in [-0.1, -0.05) is 0 Å². The molecule has 94 valence electrons. The first-order valence-electron chi connectivity index (χ1n) is 4.95. The number of nitrogens with zero attached hydrogens (tertiary/aromatic N) is 1. The quantitative estimate of drug-likeness (QED) is 0.767. The van der Waals surface area contributed by atoms with Crippen LogP contribution >= 0.6 is 0 Å². The molecule has 0 amide bonds. The van der Waals surface area contributed by atoms with E-state index in [4.69, 9.17) is 15.6 Å². The summed E-state index contributed by atoms with van der Waals surface area (Å²) in [4.78, 5) is 17.3. The molecular weight excluding hydrogens is 241 g/mol. The zero-order valence-corrected chi connectivity index (χ0v) is 9.40. The molecule has 1 heterocycles. The van der Waals surface area contributed by atoms with E-state index in [1.165, 1.54) is 19.2 Å². The molecule has 0 fully saturated rings. The second-order valence-corrected chi connectivity index (χ2v) is 3.50. The Morgan fingerprint density at radius 1 is 1.56 bits per heavy atom. The standard InChI is InChI=1S/C11H10FN3O3/c1-18-7-3-2-5(12)4-6(7)8-9(10(16)17)15-11(13)14-8/h2-4H,1H3,(H,16,17)(H3,13,14,15). The van der Waals surface area contributed by atoms with Gasteiger partial charge in [-0.3, -0.25) is 0 Å². The molecular formula is C11H10FN3O3. The average Bonchev–Trinajstić information content (AvgIpc) is 2.71. The number of hydrogen-bond acceptors (Lipinski definition) is 4. The maximum Gasteiger partial charge on any atom is 0.354 e. The predicted molar refractivity (Wildman–Crippen MR) is 61.9 cm³/mol. The van der Waals surface area contributed by atoms with Gasteiger partial charge in [0.25, 0.3) is 0 Å². The van der Waals surface area contributed by atoms with Crippen molar-refractivity contribution in [2.45, 2.75) is 0 Å². The average molecular weight is 251 g/mol. The van der Waals surface area contributed by atoms with Crippen LogP contribution in [-0.2, 0) is 0 Å². The highest BCUT2D eigenvalue weighted by molar-refractivity contribution is 5.94. The van der Waals surface area contributed by atoms with E-state index in [2.05, 4.69) is 9.97 Å². The van der Waals surface area contributed by atoms with Crippen LogP contribution in [0.1, 0.15) is 10.5 Å². The lowest BCUT2D eigenvalue weighted by Gasteiger charge is -2.06. The van der Waals surface area contributed by atoms with Gasteiger partial charge in [-0.05, 0) is 18.2 Å². The van der Waals surface area contributed by atoms with Crippen LogP contribution in [0.4, 0.5) is 10.3 Å². The summed E-state index contributed by atoms with van der Waals surface area (Å²) in [5.41, 5.74) is 5.47. The van der Waals surface area contributed by atoms with E-state index in [9.17, 15) is 9.18 Å². The number of imidazole rings is 1. The summed E-state index contributed by atoms with van der Waals surface area (Å²) in [6.07, 6.45) is 0. The van der Waals surface area contributed by atoms with E-state index in [0.717, 1.165) is 6.07 Å². The predicted octanol–water partition coefficient (Wildman–Crippen LogP) is 1.50. The van der Waals surface area contributed by atoms with Gasteiger partial charge in [0.15, 0.2) is 11.6 Å². The molecule has 0 aliphatic rings. The first-order chi connectivity index (χ1) is 8.52. The summed E-state index contributed by atoms with van der Waals surface area (Å²) < 4.78 is 18.3. The number of hydrogen-bond donors (Lipinski definition) is 3. The summed E-state index contributed by atoms with van der Waals surface area (Å²) in [6, 6.07) is 3.74. The maximum atomic E-state index is 13.2. The van der Waals surface area contributed by atoms with Crippen molar-refractivity contribution >= 4 is 11.9 Å². The Hall–Kier alpha value is -2.57. The highest BCUT2D eigenvalue weighted by Crippen LogP contribution is 2.32. The molecule has 1 aromatic heterocycles. The maximum absolute atomic E-state index is 13.2. The molecule has 0 atom stereocenters. The number of ether oxygens (including phenoxy) is 1. The van der Waals surface area contributed by atoms with Gasteiger partial charge in [0.05, 0.1) is 7.11 Å². The van der Waals surface area contributed by atoms with E-state index in [1.54, 1.807) is 0 Å². The van der Waals surface area contributed by atoms with Gasteiger partial charge in [-0.2, -0.15) is 0 Å². The fourth-order valence-corrected chi connectivity index (χ4v) is 1.61. The minimum atomic E-state index is -1.24. The molecule has 0 saturated carbocycles. The lowest BCUT2D eigenvalue weighted by molar-refractivity contribution is 0.0692. The summed E-state index contributed by atoms with van der Waals surface area (Å²) in [5, 5.41) is 9.01. The van der Waals surface area contributed by atoms with Crippen LogP contribution in [0.25, 0.3) is 11.3 Å². The van der Waals surface area contributed by atoms with Crippen molar-refractivity contribution in [1.29, 1.82) is 0 Å². The molecule has 0 aliphatic carbocycles. The van der Waals surface area contributed by atoms with Crippen LogP contribution in [0.3, 0.4) is 0 Å². The highest BCUT2D eigenvalue weighted by Gasteiger charge is 2.20. The molecule has 4 N–H and O–H groups in total. The van der Waals surface area contributed by atoms with Crippen LogP contribution in [0, 0.1) is 5.82 Å². The number of anilines is 1. The van der Waals surface area contributed by atoms with Gasteiger partial charge in [0, 0.05) is 5.56 Å². The number of benzene rings is 1. The molecule has 18 heavy (non-hydrogen) atoms. The van der Waals surface area contributed by atoms with Crippen molar-refractivity contribution in [2.24, 2.45) is 0 Å². The second-order valence-electron chi connectivity index (χ2n) is 3.50. The SMILES string of the molecule is COc1ccc(F)cc1-c1nc(N)[nH]c1C(=O)O. The normalized spacial score (nSPS) is 10.3. The van der Waals surface area contributed by atoms with Gasteiger partial charge >= 0.3 is 5.97 Å². The molecule has 0 bridgehead atoms. The van der Waals surface area contributed by atoms with Crippen LogP contribution in [0.2, 0.25) is 0 Å². The Bertz CT molecular complexity index is 610. The molecule has 0 unspecified atom stereocenters. The van der Waals surface area contributed by atoms with Crippen molar-refractivity contribution < 1.29 is 19.0 Å². The van der Waals surface area contributed by atoms with Crippen LogP contribution < -0.4 is 10.5 Å². The molecule has 0 aliphatic heterocycles. The Balaban J connectivity index is 2.68. The third kappa shape index (κ3) is 1.97. The number of carboxylic acid groups (broad SMARTS) is 1. The molecule has 7 heteroatoms. The van der Waals surface area contributed by atoms with Gasteiger partial charge in [-0.25, -0.2) is 14.2 Å². The van der Waals surface area contributed by atoms with Crippen molar-refractivity contribution in [3.63, 3.8) is 0 Å². The smallest absolute Gasteiger partial charge is 0.354 e. The monoisotopic (exact) mass is 251 g/mol. The number of nitrogen functional groups attached to an aromatic ring is 1. The molecule has 0 spiro atoms. The molecule has 1 aromatic carbocycles. The number of methoxy groups -OCH3 is 1. The lowest BCUT2D eigenvalue weighted by atomic mass is 10.1. The van der Waals surface area contributed by atoms with Crippen LogP contribution in [-0.4, -0.2) is 28.2 Å². The van der Waals surface area contributed by atoms with Gasteiger partial charge in [0.2, 0.25) is 0 Å². The number of nitrogens with two attached hydrogens (primary N) is 1. The van der Waals surface area contributed by atoms with Crippen molar-refractivity contribution in [3.05, 3.63) is 29.7 Å². The number of aromatic nitrogens is 2. The van der Waals surface area contributed by atoms with Crippen LogP contribution in [0.5, 0.6) is 5.75 Å². The number of carbonyl (C=O) groups is 1. The van der Waals surface area contributed by atoms with Gasteiger partial charge < -0.3 is 20.6 Å². The first kappa shape index (κ1) is 11.9. The van der Waals surface area contributed by atoms with E-state index in [0.29, 0.717) is 5.75 Å². The fourth-order valence-electron chi connectivity index (χ4n) is 1.61. The van der Waals surface area contributed by atoms with E-state index < -0.39 is 11.8 Å². The molecule has 2 rings (SSSR count). The Morgan fingerprint density at radius 2 is 2.28 bits per heavy atom. The Morgan fingerprint density at radius 3 is 2.89 bits per heavy atom. The van der Waals surface area contributed by atoms with Crippen molar-refractivity contribution in [1.82, 2.24) is 9.97 Å². The Labute approximate surface area is 101 Å². The lowest BCUT2D eigenvalue weighted by Crippen LogP contribution is -2.00. The minimum Gasteiger partial charge on any atom is -0.496 e. The van der Waals surface area contributed by atoms with Crippen molar-refractivity contribution in [2.75, 3.05) is 12.8 Å². The highest BCUT2D eigenvalue weighted by atomic mass is 19.1. The van der Waals surface area contributed by atoms with E-state index in [-0.39, 0.29) is 22.9 Å². The number of nitrogens with one attached hydrogen (secondary N) is 1. The zero-order valence-electron chi connectivity index (χ0n) is 9.40.